The van der Waals surface area contributed by atoms with E-state index in [1.54, 1.807) is 14.2 Å². The second-order valence-corrected chi connectivity index (χ2v) is 16.4. The van der Waals surface area contributed by atoms with Crippen molar-refractivity contribution < 1.29 is 24.5 Å². The number of carboxylic acids is 1. The van der Waals surface area contributed by atoms with E-state index < -0.39 is 15.6 Å². The summed E-state index contributed by atoms with van der Waals surface area (Å²) >= 11 is 9.76. The largest absolute Gasteiger partial charge is 0.496 e. The first-order valence-corrected chi connectivity index (χ1v) is 18.8. The molecule has 7 rings (SSSR count). The minimum absolute atomic E-state index is 0.123. The molecule has 8 nitrogen and oxygen atoms in total. The van der Waals surface area contributed by atoms with E-state index >= 15 is 0 Å². The summed E-state index contributed by atoms with van der Waals surface area (Å²) in [5.74, 6) is 0.802. The summed E-state index contributed by atoms with van der Waals surface area (Å²) in [4.78, 5) is 20.5. The molecule has 0 amide bonds. The van der Waals surface area contributed by atoms with E-state index in [1.807, 2.05) is 30.0 Å². The lowest BCUT2D eigenvalue weighted by Crippen LogP contribution is -2.47. The van der Waals surface area contributed by atoms with E-state index in [0.29, 0.717) is 37.9 Å². The van der Waals surface area contributed by atoms with Crippen molar-refractivity contribution in [2.45, 2.75) is 54.1 Å². The predicted molar refractivity (Wildman–Crippen MR) is 199 cm³/mol. The van der Waals surface area contributed by atoms with Crippen molar-refractivity contribution in [3.63, 3.8) is 0 Å². The standard InChI is InChI=1S/C40H46ClN3O5S/c1-39(41)33(27-8-5-4-6-9-27)10-7-18-40(39,35-16-12-29(37(42-35)49-3)23-44-20-26(21-44)25-45)50-34-15-14-32-31(34)13-11-28(36(32)48-2)22-43-19-17-30(24-43)38(46)47/h4-13,16,18,26,30,34,45H,14-15,17,19-25H2,1-3H3,(H,46,47)/t30-,34?,39?,40?/m1/s1. The maximum atomic E-state index is 11.6. The number of pyridine rings is 1. The molecular weight excluding hydrogens is 670 g/mol. The molecule has 2 saturated heterocycles. The number of methoxy groups -OCH3 is 2. The second kappa shape index (κ2) is 14.4. The van der Waals surface area contributed by atoms with Crippen LogP contribution < -0.4 is 9.47 Å². The van der Waals surface area contributed by atoms with Gasteiger partial charge in [-0.15, -0.1) is 23.4 Å². The minimum atomic E-state index is -0.873. The Balaban J connectivity index is 1.24. The fourth-order valence-corrected chi connectivity index (χ4v) is 10.5. The molecule has 3 heterocycles. The molecule has 3 aromatic rings. The maximum absolute atomic E-state index is 11.6. The number of thioether (sulfide) groups is 1. The van der Waals surface area contributed by atoms with E-state index in [9.17, 15) is 15.0 Å². The number of hydrogen-bond acceptors (Lipinski definition) is 8. The maximum Gasteiger partial charge on any atom is 0.307 e. The van der Waals surface area contributed by atoms with E-state index in [2.05, 4.69) is 71.3 Å². The molecule has 10 heteroatoms. The topological polar surface area (TPSA) is 95.4 Å². The third-order valence-electron chi connectivity index (χ3n) is 11.0. The van der Waals surface area contributed by atoms with Gasteiger partial charge < -0.3 is 19.7 Å². The zero-order valence-electron chi connectivity index (χ0n) is 29.0. The van der Waals surface area contributed by atoms with Gasteiger partial charge in [0.25, 0.3) is 0 Å². The number of aliphatic hydroxyl groups excluding tert-OH is 1. The molecule has 4 aliphatic rings. The lowest BCUT2D eigenvalue weighted by Gasteiger charge is -2.47. The SMILES string of the molecule is COc1nc(C2(SC3CCc4c3ccc(CN3CC[C@@H](C(=O)O)C3)c4OC)C=CC=C(c3ccccc3)C2(C)Cl)ccc1CN1CC(CO)C1. The van der Waals surface area contributed by atoms with Crippen LogP contribution in [0.5, 0.6) is 11.6 Å². The highest BCUT2D eigenvalue weighted by Crippen LogP contribution is 2.62. The number of aliphatic carboxylic acids is 1. The predicted octanol–water partition coefficient (Wildman–Crippen LogP) is 6.70. The molecule has 1 aromatic heterocycles. The van der Waals surface area contributed by atoms with Crippen molar-refractivity contribution in [1.29, 1.82) is 0 Å². The van der Waals surface area contributed by atoms with Gasteiger partial charge >= 0.3 is 5.97 Å². The van der Waals surface area contributed by atoms with Crippen LogP contribution in [0.25, 0.3) is 5.57 Å². The molecule has 264 valence electrons. The summed E-state index contributed by atoms with van der Waals surface area (Å²) in [6, 6.07) is 19.0. The molecule has 0 saturated carbocycles. The second-order valence-electron chi connectivity index (χ2n) is 14.2. The summed E-state index contributed by atoms with van der Waals surface area (Å²) in [5.41, 5.74) is 7.53. The van der Waals surface area contributed by atoms with Gasteiger partial charge in [0.2, 0.25) is 5.88 Å². The van der Waals surface area contributed by atoms with E-state index in [-0.39, 0.29) is 17.8 Å². The molecule has 2 N–H and O–H groups in total. The van der Waals surface area contributed by atoms with Crippen LogP contribution in [0.15, 0.2) is 72.8 Å². The van der Waals surface area contributed by atoms with Crippen LogP contribution in [-0.4, -0.2) is 82.8 Å². The number of halogens is 1. The van der Waals surface area contributed by atoms with Crippen molar-refractivity contribution in [1.82, 2.24) is 14.8 Å². The van der Waals surface area contributed by atoms with Gasteiger partial charge in [0.05, 0.1) is 35.5 Å². The van der Waals surface area contributed by atoms with Gasteiger partial charge in [-0.1, -0.05) is 66.8 Å². The fourth-order valence-electron chi connectivity index (χ4n) is 8.28. The van der Waals surface area contributed by atoms with Gasteiger partial charge in [-0.05, 0) is 61.1 Å². The average molecular weight is 716 g/mol. The number of carboxylic acid groups (broad SMARTS) is 1. The van der Waals surface area contributed by atoms with Gasteiger partial charge in [0, 0.05) is 61.6 Å². The first kappa shape index (κ1) is 35.1. The molecule has 4 atom stereocenters. The van der Waals surface area contributed by atoms with Crippen LogP contribution in [0.3, 0.4) is 0 Å². The van der Waals surface area contributed by atoms with Crippen LogP contribution in [0, 0.1) is 11.8 Å². The molecule has 0 bridgehead atoms. The average Bonchev–Trinajstić information content (AvgIpc) is 3.74. The van der Waals surface area contributed by atoms with Crippen LogP contribution in [0.2, 0.25) is 0 Å². The number of allylic oxidation sites excluding steroid dienone is 3. The summed E-state index contributed by atoms with van der Waals surface area (Å²) in [6.45, 7) is 6.76. The van der Waals surface area contributed by atoms with Gasteiger partial charge in [0.15, 0.2) is 0 Å². The van der Waals surface area contributed by atoms with Crippen LogP contribution >= 0.6 is 23.4 Å². The lowest BCUT2D eigenvalue weighted by atomic mass is 9.77. The highest BCUT2D eigenvalue weighted by Gasteiger charge is 2.54. The third kappa shape index (κ3) is 6.36. The normalized spacial score (nSPS) is 26.8. The number of ether oxygens (including phenoxy) is 2. The summed E-state index contributed by atoms with van der Waals surface area (Å²) < 4.78 is 11.3. The summed E-state index contributed by atoms with van der Waals surface area (Å²) in [7, 11) is 3.42. The number of alkyl halides is 1. The van der Waals surface area contributed by atoms with Crippen LogP contribution in [-0.2, 0) is 29.1 Å². The molecular formula is C40H46ClN3O5S. The lowest BCUT2D eigenvalue weighted by molar-refractivity contribution is -0.141. The Hall–Kier alpha value is -3.34. The number of benzene rings is 2. The molecule has 0 radical (unpaired) electrons. The minimum Gasteiger partial charge on any atom is -0.496 e. The Morgan fingerprint density at radius 3 is 2.46 bits per heavy atom. The monoisotopic (exact) mass is 715 g/mol. The Morgan fingerprint density at radius 1 is 1.00 bits per heavy atom. The van der Waals surface area contributed by atoms with E-state index in [0.717, 1.165) is 66.2 Å². The van der Waals surface area contributed by atoms with Gasteiger partial charge in [-0.3, -0.25) is 14.6 Å². The number of likely N-dealkylation sites (tertiary alicyclic amines) is 2. The molecule has 2 aromatic carbocycles. The Labute approximate surface area is 304 Å². The Kier molecular flexibility index (Phi) is 10.1. The number of aromatic nitrogens is 1. The quantitative estimate of drug-likeness (QED) is 0.199. The third-order valence-corrected chi connectivity index (χ3v) is 13.5. The number of rotatable bonds is 12. The van der Waals surface area contributed by atoms with Gasteiger partial charge in [-0.25, -0.2) is 4.98 Å². The van der Waals surface area contributed by atoms with Crippen molar-refractivity contribution in [3.05, 3.63) is 106 Å². The summed E-state index contributed by atoms with van der Waals surface area (Å²) in [5, 5.41) is 19.2. The molecule has 2 aliphatic carbocycles. The van der Waals surface area contributed by atoms with E-state index in [4.69, 9.17) is 26.1 Å². The van der Waals surface area contributed by atoms with Crippen LogP contribution in [0.1, 0.15) is 58.5 Å². The molecule has 0 spiro atoms. The van der Waals surface area contributed by atoms with Gasteiger partial charge in [-0.2, -0.15) is 0 Å². The number of carbonyl (C=O) groups is 1. The first-order chi connectivity index (χ1) is 24.2. The highest BCUT2D eigenvalue weighted by atomic mass is 35.5. The molecule has 2 fully saturated rings. The zero-order chi connectivity index (χ0) is 35.0. The number of aliphatic hydroxyl groups is 1. The van der Waals surface area contributed by atoms with Crippen LogP contribution in [0.4, 0.5) is 0 Å². The number of hydrogen-bond donors (Lipinski definition) is 2. The Bertz CT molecular complexity index is 1790. The zero-order valence-corrected chi connectivity index (χ0v) is 30.6. The fraction of sp³-hybridized carbons (Fsp3) is 0.450. The van der Waals surface area contributed by atoms with E-state index in [1.165, 1.54) is 11.1 Å². The van der Waals surface area contributed by atoms with Crippen molar-refractivity contribution >= 4 is 34.9 Å². The van der Waals surface area contributed by atoms with Crippen molar-refractivity contribution in [2.75, 3.05) is 47.0 Å². The highest BCUT2D eigenvalue weighted by molar-refractivity contribution is 8.00. The molecule has 50 heavy (non-hydrogen) atoms. The Morgan fingerprint density at radius 2 is 1.76 bits per heavy atom. The molecule has 3 unspecified atom stereocenters. The number of fused-ring (bicyclic) bond motifs is 1. The smallest absolute Gasteiger partial charge is 0.307 e. The first-order valence-electron chi connectivity index (χ1n) is 17.5. The summed E-state index contributed by atoms with van der Waals surface area (Å²) in [6.07, 6.45) is 8.94. The molecule has 2 aliphatic heterocycles. The van der Waals surface area contributed by atoms with Crippen molar-refractivity contribution in [2.24, 2.45) is 11.8 Å². The van der Waals surface area contributed by atoms with Gasteiger partial charge in [0.1, 0.15) is 5.75 Å². The van der Waals surface area contributed by atoms with Crippen molar-refractivity contribution in [3.8, 4) is 11.6 Å². The number of nitrogens with zero attached hydrogens (tertiary/aromatic N) is 3.